The van der Waals surface area contributed by atoms with E-state index in [2.05, 4.69) is 25.8 Å². The van der Waals surface area contributed by atoms with Crippen LogP contribution in [0.4, 0.5) is 5.69 Å². The van der Waals surface area contributed by atoms with Gasteiger partial charge in [-0.15, -0.1) is 10.2 Å². The van der Waals surface area contributed by atoms with Crippen LogP contribution in [0.25, 0.3) is 27.9 Å². The van der Waals surface area contributed by atoms with Gasteiger partial charge in [0.15, 0.2) is 11.5 Å². The van der Waals surface area contributed by atoms with Crippen LogP contribution in [0, 0.1) is 13.8 Å². The Hall–Kier alpha value is -5.19. The number of fused-ring (bicyclic) bond motifs is 2. The predicted molar refractivity (Wildman–Crippen MR) is 143 cm³/mol. The van der Waals surface area contributed by atoms with Crippen molar-refractivity contribution >= 4 is 40.0 Å². The molecule has 0 saturated carbocycles. The van der Waals surface area contributed by atoms with Gasteiger partial charge in [-0.2, -0.15) is 0 Å². The lowest BCUT2D eigenvalue weighted by atomic mass is 10.1. The van der Waals surface area contributed by atoms with E-state index in [9.17, 15) is 19.2 Å². The van der Waals surface area contributed by atoms with Gasteiger partial charge in [0.2, 0.25) is 11.8 Å². The van der Waals surface area contributed by atoms with Crippen LogP contribution in [0.15, 0.2) is 65.6 Å². The summed E-state index contributed by atoms with van der Waals surface area (Å²) in [5, 5.41) is 13.8. The standard InChI is InChI=1S/C28H23N7O4/c1-15-5-3-6-17(13-15)25-33-32-22-11-9-18(14-34(22)25)26(37)30-20-8-4-7-19-24(20)28(39)35(16(2)29-19)21-10-12-23(36)31-27(21)38/h3-9,11,13-14,21H,10,12H2,1-2H3,(H,30,37)(H,31,36,38). The molecule has 0 aliphatic carbocycles. The molecule has 0 spiro atoms. The molecule has 11 heteroatoms. The third-order valence-electron chi connectivity index (χ3n) is 6.82. The van der Waals surface area contributed by atoms with Crippen LogP contribution in [0.1, 0.15) is 40.6 Å². The van der Waals surface area contributed by atoms with Crippen LogP contribution in [0.2, 0.25) is 0 Å². The summed E-state index contributed by atoms with van der Waals surface area (Å²) in [6.45, 7) is 3.62. The first-order valence-corrected chi connectivity index (χ1v) is 12.4. The van der Waals surface area contributed by atoms with Gasteiger partial charge in [0, 0.05) is 18.2 Å². The van der Waals surface area contributed by atoms with Gasteiger partial charge in [-0.1, -0.05) is 29.8 Å². The molecule has 0 radical (unpaired) electrons. The largest absolute Gasteiger partial charge is 0.321 e. The molecule has 3 aromatic heterocycles. The van der Waals surface area contributed by atoms with Crippen LogP contribution in [-0.4, -0.2) is 41.9 Å². The summed E-state index contributed by atoms with van der Waals surface area (Å²) in [6, 6.07) is 15.3. The number of hydrogen-bond donors (Lipinski definition) is 2. The second kappa shape index (κ2) is 9.28. The Morgan fingerprint density at radius 3 is 2.64 bits per heavy atom. The van der Waals surface area contributed by atoms with Crippen molar-refractivity contribution in [1.82, 2.24) is 29.5 Å². The Labute approximate surface area is 221 Å². The highest BCUT2D eigenvalue weighted by Crippen LogP contribution is 2.25. The minimum Gasteiger partial charge on any atom is -0.321 e. The molecule has 1 aliphatic heterocycles. The number of nitrogens with one attached hydrogen (secondary N) is 2. The molecule has 4 heterocycles. The molecule has 1 atom stereocenters. The third-order valence-corrected chi connectivity index (χ3v) is 6.82. The minimum absolute atomic E-state index is 0.120. The second-order valence-electron chi connectivity index (χ2n) is 9.49. The Morgan fingerprint density at radius 1 is 1.03 bits per heavy atom. The number of carbonyl (C=O) groups is 3. The van der Waals surface area contributed by atoms with E-state index < -0.39 is 23.4 Å². The number of piperidine rings is 1. The molecule has 5 aromatic rings. The van der Waals surface area contributed by atoms with E-state index in [1.807, 2.05) is 31.2 Å². The molecule has 2 aromatic carbocycles. The molecule has 1 aliphatic rings. The van der Waals surface area contributed by atoms with E-state index in [1.165, 1.54) is 4.57 Å². The maximum absolute atomic E-state index is 13.7. The molecule has 2 N–H and O–H groups in total. The lowest BCUT2D eigenvalue weighted by molar-refractivity contribution is -0.135. The molecule has 39 heavy (non-hydrogen) atoms. The first kappa shape index (κ1) is 24.2. The fourth-order valence-electron chi connectivity index (χ4n) is 4.95. The zero-order chi connectivity index (χ0) is 27.3. The zero-order valence-electron chi connectivity index (χ0n) is 21.1. The number of imide groups is 1. The van der Waals surface area contributed by atoms with Crippen molar-refractivity contribution in [2.45, 2.75) is 32.7 Å². The summed E-state index contributed by atoms with van der Waals surface area (Å²) in [5.41, 5.74) is 3.02. The van der Waals surface area contributed by atoms with Gasteiger partial charge < -0.3 is 5.32 Å². The van der Waals surface area contributed by atoms with E-state index in [-0.39, 0.29) is 29.8 Å². The number of hydrogen-bond acceptors (Lipinski definition) is 7. The maximum Gasteiger partial charge on any atom is 0.264 e. The van der Waals surface area contributed by atoms with Crippen molar-refractivity contribution in [3.8, 4) is 11.4 Å². The molecule has 3 amide bonds. The van der Waals surface area contributed by atoms with Crippen molar-refractivity contribution < 1.29 is 14.4 Å². The third kappa shape index (κ3) is 4.23. The summed E-state index contributed by atoms with van der Waals surface area (Å²) in [7, 11) is 0. The zero-order valence-corrected chi connectivity index (χ0v) is 21.1. The molecule has 11 nitrogen and oxygen atoms in total. The summed E-state index contributed by atoms with van der Waals surface area (Å²) >= 11 is 0. The van der Waals surface area contributed by atoms with Gasteiger partial charge in [0.05, 0.1) is 22.2 Å². The first-order valence-electron chi connectivity index (χ1n) is 12.4. The number of aryl methyl sites for hydroxylation is 2. The second-order valence-corrected chi connectivity index (χ2v) is 9.49. The van der Waals surface area contributed by atoms with E-state index in [0.29, 0.717) is 28.4 Å². The van der Waals surface area contributed by atoms with Crippen LogP contribution in [0.3, 0.4) is 0 Å². The normalized spacial score (nSPS) is 15.5. The first-order chi connectivity index (χ1) is 18.8. The molecular formula is C28H23N7O4. The maximum atomic E-state index is 13.7. The lowest BCUT2D eigenvalue weighted by Gasteiger charge is -2.24. The SMILES string of the molecule is Cc1cccc(-c2nnc3ccc(C(=O)Nc4cccc5nc(C)n(C6CCC(=O)NC6=O)c(=O)c45)cn23)c1. The van der Waals surface area contributed by atoms with Crippen molar-refractivity contribution in [2.24, 2.45) is 0 Å². The van der Waals surface area contributed by atoms with Crippen molar-refractivity contribution in [1.29, 1.82) is 0 Å². The van der Waals surface area contributed by atoms with Crippen molar-refractivity contribution in [3.63, 3.8) is 0 Å². The number of amides is 3. The monoisotopic (exact) mass is 521 g/mol. The molecule has 194 valence electrons. The van der Waals surface area contributed by atoms with Crippen molar-refractivity contribution in [3.05, 3.63) is 88.1 Å². The van der Waals surface area contributed by atoms with Gasteiger partial charge >= 0.3 is 0 Å². The molecule has 1 saturated heterocycles. The molecule has 6 rings (SSSR count). The lowest BCUT2D eigenvalue weighted by Crippen LogP contribution is -2.45. The molecule has 0 bridgehead atoms. The average molecular weight is 522 g/mol. The molecule has 1 unspecified atom stereocenters. The van der Waals surface area contributed by atoms with Crippen LogP contribution < -0.4 is 16.2 Å². The van der Waals surface area contributed by atoms with Gasteiger partial charge in [-0.3, -0.25) is 33.5 Å². The quantitative estimate of drug-likeness (QED) is 0.347. The number of carbonyl (C=O) groups excluding carboxylic acids is 3. The summed E-state index contributed by atoms with van der Waals surface area (Å²) < 4.78 is 3.03. The molecule has 1 fully saturated rings. The number of aromatic nitrogens is 5. The summed E-state index contributed by atoms with van der Waals surface area (Å²) in [6.07, 6.45) is 1.96. The highest BCUT2D eigenvalue weighted by atomic mass is 16.2. The van der Waals surface area contributed by atoms with Crippen molar-refractivity contribution in [2.75, 3.05) is 5.32 Å². The van der Waals surface area contributed by atoms with E-state index in [1.54, 1.807) is 47.9 Å². The minimum atomic E-state index is -0.868. The van der Waals surface area contributed by atoms with E-state index >= 15 is 0 Å². The highest BCUT2D eigenvalue weighted by Gasteiger charge is 2.31. The number of anilines is 1. The number of pyridine rings is 1. The Morgan fingerprint density at radius 2 is 1.85 bits per heavy atom. The van der Waals surface area contributed by atoms with Gasteiger partial charge in [0.25, 0.3) is 11.5 Å². The molecular weight excluding hydrogens is 498 g/mol. The number of nitrogens with zero attached hydrogens (tertiary/aromatic N) is 5. The van der Waals surface area contributed by atoms with Gasteiger partial charge in [-0.25, -0.2) is 4.98 Å². The number of benzene rings is 2. The average Bonchev–Trinajstić information content (AvgIpc) is 3.33. The summed E-state index contributed by atoms with van der Waals surface area (Å²) in [5.74, 6) is -0.432. The number of rotatable bonds is 4. The fraction of sp³-hybridized carbons (Fsp3) is 0.179. The Balaban J connectivity index is 1.39. The van der Waals surface area contributed by atoms with E-state index in [0.717, 1.165) is 11.1 Å². The van der Waals surface area contributed by atoms with Crippen LogP contribution >= 0.6 is 0 Å². The van der Waals surface area contributed by atoms with Gasteiger partial charge in [-0.05, 0) is 50.6 Å². The Kier molecular flexibility index (Phi) is 5.75. The summed E-state index contributed by atoms with van der Waals surface area (Å²) in [4.78, 5) is 55.7. The van der Waals surface area contributed by atoms with Gasteiger partial charge in [0.1, 0.15) is 11.9 Å². The smallest absolute Gasteiger partial charge is 0.264 e. The van der Waals surface area contributed by atoms with E-state index in [4.69, 9.17) is 0 Å². The van der Waals surface area contributed by atoms with Crippen LogP contribution in [-0.2, 0) is 9.59 Å². The van der Waals surface area contributed by atoms with Crippen LogP contribution in [0.5, 0.6) is 0 Å². The fourth-order valence-corrected chi connectivity index (χ4v) is 4.95. The Bertz CT molecular complexity index is 1890. The topological polar surface area (TPSA) is 140 Å². The highest BCUT2D eigenvalue weighted by molar-refractivity contribution is 6.08. The predicted octanol–water partition coefficient (Wildman–Crippen LogP) is 2.95.